The second-order valence-corrected chi connectivity index (χ2v) is 5.70. The summed E-state index contributed by atoms with van der Waals surface area (Å²) in [7, 11) is 0. The first-order chi connectivity index (χ1) is 10.7. The Morgan fingerprint density at radius 3 is 3.14 bits per heavy atom. The number of aromatic nitrogens is 4. The SMILES string of the molecule is Cc1nc(CCC2CCCN2C(=O)CCn2ccnc2)no1. The number of likely N-dealkylation sites (tertiary alicyclic amines) is 1. The minimum atomic E-state index is 0.223. The van der Waals surface area contributed by atoms with Gasteiger partial charge in [0.2, 0.25) is 11.8 Å². The number of amides is 1. The molecule has 1 aliphatic heterocycles. The molecule has 1 aliphatic rings. The molecule has 1 fully saturated rings. The highest BCUT2D eigenvalue weighted by molar-refractivity contribution is 5.76. The maximum atomic E-state index is 12.4. The van der Waals surface area contributed by atoms with Gasteiger partial charge in [-0.1, -0.05) is 5.16 Å². The average Bonchev–Trinajstić information content (AvgIpc) is 3.24. The van der Waals surface area contributed by atoms with Gasteiger partial charge in [0.25, 0.3) is 0 Å². The number of hydrogen-bond donors (Lipinski definition) is 0. The molecule has 3 rings (SSSR count). The van der Waals surface area contributed by atoms with Gasteiger partial charge in [-0.2, -0.15) is 4.98 Å². The summed E-state index contributed by atoms with van der Waals surface area (Å²) in [6.45, 7) is 3.34. The Labute approximate surface area is 129 Å². The highest BCUT2D eigenvalue weighted by Gasteiger charge is 2.28. The van der Waals surface area contributed by atoms with Crippen molar-refractivity contribution in [2.75, 3.05) is 6.54 Å². The number of carbonyl (C=O) groups excluding carboxylic acids is 1. The van der Waals surface area contributed by atoms with Crippen molar-refractivity contribution >= 4 is 5.91 Å². The van der Waals surface area contributed by atoms with Gasteiger partial charge < -0.3 is 14.0 Å². The molecule has 7 nitrogen and oxygen atoms in total. The number of hydrogen-bond acceptors (Lipinski definition) is 5. The third-order valence-corrected chi connectivity index (χ3v) is 4.11. The summed E-state index contributed by atoms with van der Waals surface area (Å²) in [6.07, 6.45) is 9.67. The van der Waals surface area contributed by atoms with Crippen LogP contribution in [0.5, 0.6) is 0 Å². The van der Waals surface area contributed by atoms with Gasteiger partial charge in [0.15, 0.2) is 5.82 Å². The fourth-order valence-electron chi connectivity index (χ4n) is 2.99. The quantitative estimate of drug-likeness (QED) is 0.810. The first-order valence-electron chi connectivity index (χ1n) is 7.77. The van der Waals surface area contributed by atoms with Crippen molar-refractivity contribution < 1.29 is 9.32 Å². The zero-order chi connectivity index (χ0) is 15.4. The summed E-state index contributed by atoms with van der Waals surface area (Å²) in [5.41, 5.74) is 0. The summed E-state index contributed by atoms with van der Waals surface area (Å²) >= 11 is 0. The molecule has 2 aromatic heterocycles. The minimum Gasteiger partial charge on any atom is -0.340 e. The molecule has 1 amide bonds. The lowest BCUT2D eigenvalue weighted by molar-refractivity contribution is -0.132. The molecule has 1 saturated heterocycles. The van der Waals surface area contributed by atoms with E-state index in [0.29, 0.717) is 24.9 Å². The highest BCUT2D eigenvalue weighted by Crippen LogP contribution is 2.22. The topological polar surface area (TPSA) is 77.1 Å². The van der Waals surface area contributed by atoms with Crippen LogP contribution >= 0.6 is 0 Å². The van der Waals surface area contributed by atoms with Gasteiger partial charge in [-0.05, 0) is 19.3 Å². The van der Waals surface area contributed by atoms with E-state index in [-0.39, 0.29) is 5.91 Å². The van der Waals surface area contributed by atoms with Crippen molar-refractivity contribution in [2.45, 2.75) is 51.6 Å². The minimum absolute atomic E-state index is 0.223. The van der Waals surface area contributed by atoms with Gasteiger partial charge in [-0.3, -0.25) is 4.79 Å². The number of imidazole rings is 1. The van der Waals surface area contributed by atoms with Crippen LogP contribution in [0.3, 0.4) is 0 Å². The van der Waals surface area contributed by atoms with Crippen molar-refractivity contribution in [3.63, 3.8) is 0 Å². The Bertz CT molecular complexity index is 607. The van der Waals surface area contributed by atoms with Crippen molar-refractivity contribution in [3.05, 3.63) is 30.4 Å². The molecule has 7 heteroatoms. The summed E-state index contributed by atoms with van der Waals surface area (Å²) in [5, 5.41) is 3.92. The third-order valence-electron chi connectivity index (χ3n) is 4.11. The van der Waals surface area contributed by atoms with Crippen LogP contribution in [0.4, 0.5) is 0 Å². The molecular weight excluding hydrogens is 282 g/mol. The van der Waals surface area contributed by atoms with E-state index < -0.39 is 0 Å². The smallest absolute Gasteiger partial charge is 0.224 e. The molecule has 1 unspecified atom stereocenters. The number of carbonyl (C=O) groups is 1. The first-order valence-corrected chi connectivity index (χ1v) is 7.77. The lowest BCUT2D eigenvalue weighted by Gasteiger charge is -2.24. The predicted octanol–water partition coefficient (Wildman–Crippen LogP) is 1.59. The van der Waals surface area contributed by atoms with Crippen LogP contribution in [0.25, 0.3) is 0 Å². The lowest BCUT2D eigenvalue weighted by atomic mass is 10.1. The molecule has 0 bridgehead atoms. The van der Waals surface area contributed by atoms with Gasteiger partial charge in [-0.25, -0.2) is 4.98 Å². The van der Waals surface area contributed by atoms with E-state index in [1.54, 1.807) is 19.4 Å². The molecule has 22 heavy (non-hydrogen) atoms. The molecule has 0 aromatic carbocycles. The molecule has 0 aliphatic carbocycles. The highest BCUT2D eigenvalue weighted by atomic mass is 16.5. The van der Waals surface area contributed by atoms with Gasteiger partial charge in [0.05, 0.1) is 6.33 Å². The van der Waals surface area contributed by atoms with Crippen LogP contribution in [-0.4, -0.2) is 43.1 Å². The molecule has 1 atom stereocenters. The van der Waals surface area contributed by atoms with Crippen LogP contribution in [0.2, 0.25) is 0 Å². The third kappa shape index (κ3) is 3.52. The normalized spacial score (nSPS) is 18.0. The summed E-state index contributed by atoms with van der Waals surface area (Å²) in [4.78, 5) is 22.6. The number of nitrogens with zero attached hydrogens (tertiary/aromatic N) is 5. The Morgan fingerprint density at radius 2 is 2.41 bits per heavy atom. The molecule has 118 valence electrons. The largest absolute Gasteiger partial charge is 0.340 e. The summed E-state index contributed by atoms with van der Waals surface area (Å²) in [6, 6.07) is 0.300. The van der Waals surface area contributed by atoms with E-state index in [1.165, 1.54) is 0 Å². The summed E-state index contributed by atoms with van der Waals surface area (Å²) < 4.78 is 6.92. The molecule has 0 spiro atoms. The Kier molecular flexibility index (Phi) is 4.50. The number of rotatable bonds is 6. The van der Waals surface area contributed by atoms with Crippen LogP contribution in [0.15, 0.2) is 23.2 Å². The van der Waals surface area contributed by atoms with Gasteiger partial charge in [0.1, 0.15) is 0 Å². The zero-order valence-electron chi connectivity index (χ0n) is 12.8. The zero-order valence-corrected chi connectivity index (χ0v) is 12.8. The lowest BCUT2D eigenvalue weighted by Crippen LogP contribution is -2.36. The van der Waals surface area contributed by atoms with Gasteiger partial charge in [0, 0.05) is 51.3 Å². The first kappa shape index (κ1) is 14.7. The van der Waals surface area contributed by atoms with Crippen molar-refractivity contribution in [3.8, 4) is 0 Å². The van der Waals surface area contributed by atoms with Crippen LogP contribution in [0, 0.1) is 6.92 Å². The van der Waals surface area contributed by atoms with Crippen molar-refractivity contribution in [2.24, 2.45) is 0 Å². The van der Waals surface area contributed by atoms with Crippen molar-refractivity contribution in [1.29, 1.82) is 0 Å². The second-order valence-electron chi connectivity index (χ2n) is 5.70. The monoisotopic (exact) mass is 303 g/mol. The van der Waals surface area contributed by atoms with Crippen molar-refractivity contribution in [1.82, 2.24) is 24.6 Å². The molecule has 3 heterocycles. The van der Waals surface area contributed by atoms with E-state index in [1.807, 2.05) is 15.7 Å². The van der Waals surface area contributed by atoms with E-state index in [2.05, 4.69) is 15.1 Å². The van der Waals surface area contributed by atoms with Crippen LogP contribution in [-0.2, 0) is 17.8 Å². The van der Waals surface area contributed by atoms with Gasteiger partial charge in [-0.15, -0.1) is 0 Å². The average molecular weight is 303 g/mol. The predicted molar refractivity (Wildman–Crippen MR) is 78.9 cm³/mol. The Balaban J connectivity index is 1.50. The fourth-order valence-corrected chi connectivity index (χ4v) is 2.99. The van der Waals surface area contributed by atoms with E-state index in [9.17, 15) is 4.79 Å². The Hall–Kier alpha value is -2.18. The van der Waals surface area contributed by atoms with Crippen LogP contribution < -0.4 is 0 Å². The standard InChI is InChI=1S/C15H21N5O2/c1-12-17-14(18-22-12)5-4-13-3-2-8-20(13)15(21)6-9-19-10-7-16-11-19/h7,10-11,13H,2-6,8-9H2,1H3. The molecule has 0 N–H and O–H groups in total. The number of aryl methyl sites for hydroxylation is 3. The van der Waals surface area contributed by atoms with E-state index in [4.69, 9.17) is 4.52 Å². The van der Waals surface area contributed by atoms with Gasteiger partial charge >= 0.3 is 0 Å². The molecule has 0 radical (unpaired) electrons. The maximum Gasteiger partial charge on any atom is 0.224 e. The van der Waals surface area contributed by atoms with E-state index >= 15 is 0 Å². The summed E-state index contributed by atoms with van der Waals surface area (Å²) in [5.74, 6) is 1.55. The van der Waals surface area contributed by atoms with Crippen LogP contribution in [0.1, 0.15) is 37.4 Å². The molecule has 2 aromatic rings. The second kappa shape index (κ2) is 6.72. The molecule has 0 saturated carbocycles. The molecular formula is C15H21N5O2. The fraction of sp³-hybridized carbons (Fsp3) is 0.600. The Morgan fingerprint density at radius 1 is 1.50 bits per heavy atom. The maximum absolute atomic E-state index is 12.4. The van der Waals surface area contributed by atoms with E-state index in [0.717, 1.165) is 38.1 Å².